The molecule has 1 aliphatic heterocycles. The number of amides is 3. The molecule has 0 bridgehead atoms. The van der Waals surface area contributed by atoms with Gasteiger partial charge in [-0.2, -0.15) is 0 Å². The van der Waals surface area contributed by atoms with Crippen molar-refractivity contribution in [3.05, 3.63) is 66.7 Å². The van der Waals surface area contributed by atoms with Gasteiger partial charge in [-0.3, -0.25) is 4.79 Å². The van der Waals surface area contributed by atoms with Crippen molar-refractivity contribution in [3.8, 4) is 11.3 Å². The maximum atomic E-state index is 12.5. The Morgan fingerprint density at radius 3 is 2.33 bits per heavy atom. The zero-order valence-corrected chi connectivity index (χ0v) is 16.6. The van der Waals surface area contributed by atoms with Gasteiger partial charge in [0.15, 0.2) is 11.7 Å². The summed E-state index contributed by atoms with van der Waals surface area (Å²) in [5, 5.41) is 5.77. The number of anilines is 2. The lowest BCUT2D eigenvalue weighted by atomic mass is 10.2. The van der Waals surface area contributed by atoms with Crippen LogP contribution in [0.3, 0.4) is 0 Å². The van der Waals surface area contributed by atoms with Gasteiger partial charge in [-0.05, 0) is 25.0 Å². The molecule has 7 heteroatoms. The number of benzene rings is 2. The molecular weight excluding hydrogens is 380 g/mol. The summed E-state index contributed by atoms with van der Waals surface area (Å²) in [6, 6.07) is 16.8. The van der Waals surface area contributed by atoms with Gasteiger partial charge < -0.3 is 20.0 Å². The Bertz CT molecular complexity index is 1010. The summed E-state index contributed by atoms with van der Waals surface area (Å²) in [5.41, 5.74) is 2.11. The normalized spacial score (nSPS) is 13.3. The van der Waals surface area contributed by atoms with Crippen molar-refractivity contribution < 1.29 is 14.0 Å². The molecule has 1 fully saturated rings. The van der Waals surface area contributed by atoms with Crippen LogP contribution in [0.25, 0.3) is 11.3 Å². The van der Waals surface area contributed by atoms with Crippen LogP contribution < -0.4 is 10.6 Å². The maximum Gasteiger partial charge on any atom is 0.321 e. The number of oxazole rings is 1. The summed E-state index contributed by atoms with van der Waals surface area (Å²) in [4.78, 5) is 30.9. The fraction of sp³-hybridized carbons (Fsp3) is 0.261. The van der Waals surface area contributed by atoms with E-state index in [1.807, 2.05) is 42.5 Å². The standard InChI is InChI=1S/C23H24N4O3/c28-21(12-13-22-24-16-20(30-22)17-8-2-1-3-9-17)25-18-10-4-5-11-19(18)26-23(29)27-14-6-7-15-27/h1-5,8-11,16H,6-7,12-15H2,(H,25,28)(H,26,29). The van der Waals surface area contributed by atoms with E-state index in [0.29, 0.717) is 29.4 Å². The summed E-state index contributed by atoms with van der Waals surface area (Å²) >= 11 is 0. The first-order valence-electron chi connectivity index (χ1n) is 10.1. The number of para-hydroxylation sites is 2. The number of nitrogens with one attached hydrogen (secondary N) is 2. The minimum Gasteiger partial charge on any atom is -0.441 e. The molecule has 0 spiro atoms. The SMILES string of the molecule is O=C(CCc1ncc(-c2ccccc2)o1)Nc1ccccc1NC(=O)N1CCCC1. The number of carbonyl (C=O) groups is 2. The Morgan fingerprint density at radius 1 is 0.933 bits per heavy atom. The summed E-state index contributed by atoms with van der Waals surface area (Å²) < 4.78 is 5.75. The van der Waals surface area contributed by atoms with Crippen LogP contribution in [0.15, 0.2) is 65.2 Å². The molecule has 30 heavy (non-hydrogen) atoms. The van der Waals surface area contributed by atoms with Gasteiger partial charge in [0.2, 0.25) is 5.91 Å². The van der Waals surface area contributed by atoms with Gasteiger partial charge in [0.25, 0.3) is 0 Å². The molecule has 4 rings (SSSR count). The second-order valence-corrected chi connectivity index (χ2v) is 7.20. The van der Waals surface area contributed by atoms with Crippen LogP contribution in [0.1, 0.15) is 25.2 Å². The van der Waals surface area contributed by atoms with Crippen molar-refractivity contribution in [2.24, 2.45) is 0 Å². The molecule has 7 nitrogen and oxygen atoms in total. The molecule has 0 saturated carbocycles. The van der Waals surface area contributed by atoms with E-state index in [4.69, 9.17) is 4.42 Å². The zero-order chi connectivity index (χ0) is 20.8. The Balaban J connectivity index is 1.33. The van der Waals surface area contributed by atoms with Crippen LogP contribution >= 0.6 is 0 Å². The van der Waals surface area contributed by atoms with E-state index in [-0.39, 0.29) is 18.4 Å². The first-order chi connectivity index (χ1) is 14.7. The number of likely N-dealkylation sites (tertiary alicyclic amines) is 1. The van der Waals surface area contributed by atoms with E-state index >= 15 is 0 Å². The van der Waals surface area contributed by atoms with Crippen molar-refractivity contribution in [1.29, 1.82) is 0 Å². The molecule has 0 unspecified atom stereocenters. The van der Waals surface area contributed by atoms with E-state index in [0.717, 1.165) is 31.5 Å². The van der Waals surface area contributed by atoms with Gasteiger partial charge in [0.05, 0.1) is 17.6 Å². The van der Waals surface area contributed by atoms with Crippen LogP contribution in [0, 0.1) is 0 Å². The number of aryl methyl sites for hydroxylation is 1. The predicted octanol–water partition coefficient (Wildman–Crippen LogP) is 4.54. The Morgan fingerprint density at radius 2 is 1.60 bits per heavy atom. The number of aromatic nitrogens is 1. The smallest absolute Gasteiger partial charge is 0.321 e. The highest BCUT2D eigenvalue weighted by molar-refractivity contribution is 5.99. The van der Waals surface area contributed by atoms with Crippen LogP contribution in [-0.2, 0) is 11.2 Å². The lowest BCUT2D eigenvalue weighted by Gasteiger charge is -2.18. The quantitative estimate of drug-likeness (QED) is 0.631. The largest absolute Gasteiger partial charge is 0.441 e. The summed E-state index contributed by atoms with van der Waals surface area (Å²) in [7, 11) is 0. The molecule has 0 aliphatic carbocycles. The number of urea groups is 1. The van der Waals surface area contributed by atoms with Crippen molar-refractivity contribution >= 4 is 23.3 Å². The molecule has 3 aromatic rings. The lowest BCUT2D eigenvalue weighted by Crippen LogP contribution is -2.32. The monoisotopic (exact) mass is 404 g/mol. The van der Waals surface area contributed by atoms with Gasteiger partial charge in [0, 0.05) is 31.5 Å². The Kier molecular flexibility index (Phi) is 6.08. The van der Waals surface area contributed by atoms with Gasteiger partial charge in [0.1, 0.15) is 0 Å². The molecule has 2 N–H and O–H groups in total. The van der Waals surface area contributed by atoms with Gasteiger partial charge >= 0.3 is 6.03 Å². The number of hydrogen-bond donors (Lipinski definition) is 2. The van der Waals surface area contributed by atoms with E-state index < -0.39 is 0 Å². The molecule has 2 heterocycles. The number of nitrogens with zero attached hydrogens (tertiary/aromatic N) is 2. The molecule has 154 valence electrons. The summed E-state index contributed by atoms with van der Waals surface area (Å²) in [5.74, 6) is 1.03. The highest BCUT2D eigenvalue weighted by Crippen LogP contribution is 2.23. The lowest BCUT2D eigenvalue weighted by molar-refractivity contribution is -0.116. The molecule has 3 amide bonds. The molecule has 0 radical (unpaired) electrons. The Hall–Kier alpha value is -3.61. The van der Waals surface area contributed by atoms with Crippen LogP contribution in [-0.4, -0.2) is 34.9 Å². The van der Waals surface area contributed by atoms with Crippen LogP contribution in [0.2, 0.25) is 0 Å². The number of hydrogen-bond acceptors (Lipinski definition) is 4. The van der Waals surface area contributed by atoms with Gasteiger partial charge in [-0.25, -0.2) is 9.78 Å². The van der Waals surface area contributed by atoms with Crippen LogP contribution in [0.4, 0.5) is 16.2 Å². The summed E-state index contributed by atoms with van der Waals surface area (Å²) in [6.07, 6.45) is 4.34. The maximum absolute atomic E-state index is 12.5. The predicted molar refractivity (Wildman–Crippen MR) is 115 cm³/mol. The van der Waals surface area contributed by atoms with Crippen molar-refractivity contribution in [2.45, 2.75) is 25.7 Å². The zero-order valence-electron chi connectivity index (χ0n) is 16.6. The van der Waals surface area contributed by atoms with Crippen LogP contribution in [0.5, 0.6) is 0 Å². The van der Waals surface area contributed by atoms with E-state index in [9.17, 15) is 9.59 Å². The molecule has 1 aliphatic rings. The topological polar surface area (TPSA) is 87.5 Å². The third kappa shape index (κ3) is 4.86. The van der Waals surface area contributed by atoms with Crippen molar-refractivity contribution in [2.75, 3.05) is 23.7 Å². The third-order valence-corrected chi connectivity index (χ3v) is 5.01. The first kappa shape index (κ1) is 19.7. The highest BCUT2D eigenvalue weighted by atomic mass is 16.4. The average Bonchev–Trinajstić information content (AvgIpc) is 3.47. The number of carbonyl (C=O) groups excluding carboxylic acids is 2. The highest BCUT2D eigenvalue weighted by Gasteiger charge is 2.19. The van der Waals surface area contributed by atoms with E-state index in [1.165, 1.54) is 0 Å². The average molecular weight is 404 g/mol. The Labute approximate surface area is 175 Å². The van der Waals surface area contributed by atoms with Crippen molar-refractivity contribution in [1.82, 2.24) is 9.88 Å². The third-order valence-electron chi connectivity index (χ3n) is 5.01. The minimum atomic E-state index is -0.169. The molecule has 2 aromatic carbocycles. The molecular formula is C23H24N4O3. The second kappa shape index (κ2) is 9.26. The summed E-state index contributed by atoms with van der Waals surface area (Å²) in [6.45, 7) is 1.53. The van der Waals surface area contributed by atoms with E-state index in [2.05, 4.69) is 15.6 Å². The number of rotatable bonds is 6. The first-order valence-corrected chi connectivity index (χ1v) is 10.1. The van der Waals surface area contributed by atoms with Gasteiger partial charge in [-0.1, -0.05) is 42.5 Å². The molecule has 1 saturated heterocycles. The van der Waals surface area contributed by atoms with Gasteiger partial charge in [-0.15, -0.1) is 0 Å². The minimum absolute atomic E-state index is 0.137. The molecule has 1 aromatic heterocycles. The van der Waals surface area contributed by atoms with E-state index in [1.54, 1.807) is 23.2 Å². The van der Waals surface area contributed by atoms with Crippen molar-refractivity contribution in [3.63, 3.8) is 0 Å². The molecule has 0 atom stereocenters. The fourth-order valence-corrected chi connectivity index (χ4v) is 3.41. The fourth-order valence-electron chi connectivity index (χ4n) is 3.41. The second-order valence-electron chi connectivity index (χ2n) is 7.20.